The van der Waals surface area contributed by atoms with Gasteiger partial charge < -0.3 is 15.0 Å². The van der Waals surface area contributed by atoms with Gasteiger partial charge in [-0.3, -0.25) is 0 Å². The Labute approximate surface area is 111 Å². The largest absolute Gasteiger partial charge is 0.461 e. The Morgan fingerprint density at radius 1 is 1.39 bits per heavy atom. The van der Waals surface area contributed by atoms with Gasteiger partial charge >= 0.3 is 5.97 Å². The van der Waals surface area contributed by atoms with Crippen LogP contribution in [0.5, 0.6) is 0 Å². The molecule has 4 nitrogen and oxygen atoms in total. The second-order valence-corrected chi connectivity index (χ2v) is 4.53. The number of nitrogens with one attached hydrogen (secondary N) is 1. The molecule has 1 unspecified atom stereocenters. The molecule has 0 aromatic heterocycles. The number of rotatable bonds is 10. The van der Waals surface area contributed by atoms with Gasteiger partial charge in [-0.25, -0.2) is 4.79 Å². The van der Waals surface area contributed by atoms with E-state index in [4.69, 9.17) is 4.74 Å². The lowest BCUT2D eigenvalue weighted by atomic mass is 10.1. The van der Waals surface area contributed by atoms with E-state index in [0.717, 1.165) is 32.5 Å². The lowest BCUT2D eigenvalue weighted by Gasteiger charge is -2.20. The van der Waals surface area contributed by atoms with E-state index in [2.05, 4.69) is 30.6 Å². The summed E-state index contributed by atoms with van der Waals surface area (Å²) in [5.41, 5.74) is 0.452. The number of likely N-dealkylation sites (N-methyl/N-ethyl adjacent to an activating group) is 1. The Balaban J connectivity index is 3.83. The highest BCUT2D eigenvalue weighted by molar-refractivity contribution is 5.86. The zero-order valence-electron chi connectivity index (χ0n) is 12.3. The lowest BCUT2D eigenvalue weighted by molar-refractivity contribution is -0.139. The van der Waals surface area contributed by atoms with Crippen molar-refractivity contribution in [1.82, 2.24) is 10.2 Å². The number of ether oxygens (including phenoxy) is 1. The summed E-state index contributed by atoms with van der Waals surface area (Å²) in [5, 5.41) is 3.18. The van der Waals surface area contributed by atoms with Crippen LogP contribution in [0.4, 0.5) is 0 Å². The van der Waals surface area contributed by atoms with Gasteiger partial charge in [0.05, 0.1) is 0 Å². The molecule has 0 amide bonds. The molecule has 0 bridgehead atoms. The van der Waals surface area contributed by atoms with E-state index < -0.39 is 0 Å². The molecule has 1 atom stereocenters. The van der Waals surface area contributed by atoms with Crippen LogP contribution < -0.4 is 5.32 Å². The third-order valence-electron chi connectivity index (χ3n) is 3.09. The molecule has 0 aliphatic carbocycles. The quantitative estimate of drug-likeness (QED) is 0.478. The van der Waals surface area contributed by atoms with Crippen LogP contribution in [-0.2, 0) is 9.53 Å². The monoisotopic (exact) mass is 256 g/mol. The molecule has 0 rings (SSSR count). The number of hydrogen-bond donors (Lipinski definition) is 1. The maximum absolute atomic E-state index is 11.3. The Kier molecular flexibility index (Phi) is 9.60. The summed E-state index contributed by atoms with van der Waals surface area (Å²) in [7, 11) is 1.90. The van der Waals surface area contributed by atoms with Crippen LogP contribution in [0, 0.1) is 0 Å². The molecule has 18 heavy (non-hydrogen) atoms. The molecule has 0 heterocycles. The fourth-order valence-electron chi connectivity index (χ4n) is 1.71. The van der Waals surface area contributed by atoms with Crippen molar-refractivity contribution in [3.05, 3.63) is 12.2 Å². The highest BCUT2D eigenvalue weighted by Crippen LogP contribution is 2.02. The molecular weight excluding hydrogens is 228 g/mol. The van der Waals surface area contributed by atoms with Gasteiger partial charge in [-0.1, -0.05) is 20.4 Å². The van der Waals surface area contributed by atoms with E-state index in [0.29, 0.717) is 12.2 Å². The van der Waals surface area contributed by atoms with E-state index in [1.54, 1.807) is 6.92 Å². The van der Waals surface area contributed by atoms with Gasteiger partial charge in [0.25, 0.3) is 0 Å². The topological polar surface area (TPSA) is 41.6 Å². The van der Waals surface area contributed by atoms with Gasteiger partial charge in [0.1, 0.15) is 6.61 Å². The molecule has 0 radical (unpaired) electrons. The minimum Gasteiger partial charge on any atom is -0.461 e. The van der Waals surface area contributed by atoms with Crippen LogP contribution in [0.25, 0.3) is 0 Å². The summed E-state index contributed by atoms with van der Waals surface area (Å²) in [4.78, 5) is 13.7. The van der Waals surface area contributed by atoms with Crippen LogP contribution >= 0.6 is 0 Å². The smallest absolute Gasteiger partial charge is 0.333 e. The molecule has 0 saturated heterocycles. The molecular formula is C14H28N2O2. The highest BCUT2D eigenvalue weighted by Gasteiger charge is 2.10. The fourth-order valence-corrected chi connectivity index (χ4v) is 1.71. The van der Waals surface area contributed by atoms with Crippen LogP contribution in [0.15, 0.2) is 12.2 Å². The van der Waals surface area contributed by atoms with Crippen molar-refractivity contribution < 1.29 is 9.53 Å². The zero-order chi connectivity index (χ0) is 14.0. The number of hydrogen-bond acceptors (Lipinski definition) is 4. The van der Waals surface area contributed by atoms with E-state index in [-0.39, 0.29) is 12.0 Å². The van der Waals surface area contributed by atoms with E-state index >= 15 is 0 Å². The Morgan fingerprint density at radius 3 is 2.44 bits per heavy atom. The first-order chi connectivity index (χ1) is 8.54. The second-order valence-electron chi connectivity index (χ2n) is 4.53. The minimum absolute atomic E-state index is 0.226. The van der Waals surface area contributed by atoms with Crippen molar-refractivity contribution in [3.8, 4) is 0 Å². The molecule has 0 aliphatic heterocycles. The van der Waals surface area contributed by atoms with E-state index in [1.807, 2.05) is 7.05 Å². The van der Waals surface area contributed by atoms with Crippen molar-refractivity contribution in [2.24, 2.45) is 0 Å². The maximum Gasteiger partial charge on any atom is 0.333 e. The third kappa shape index (κ3) is 7.45. The summed E-state index contributed by atoms with van der Waals surface area (Å²) in [6, 6.07) is 0.226. The minimum atomic E-state index is -0.306. The molecule has 0 spiro atoms. The molecule has 0 aromatic carbocycles. The normalized spacial score (nSPS) is 12.5. The van der Waals surface area contributed by atoms with Crippen LogP contribution in [0.1, 0.15) is 33.6 Å². The first kappa shape index (κ1) is 17.1. The van der Waals surface area contributed by atoms with Crippen LogP contribution in [0.2, 0.25) is 0 Å². The van der Waals surface area contributed by atoms with Crippen molar-refractivity contribution in [1.29, 1.82) is 0 Å². The molecule has 4 heteroatoms. The van der Waals surface area contributed by atoms with Gasteiger partial charge in [0, 0.05) is 11.6 Å². The standard InChI is InChI=1S/C14H28N2O2/c1-6-16(7-2)10-8-9-13(15-5)11-18-14(17)12(3)4/h13,15H,3,6-11H2,1-2,4-5H3. The molecule has 1 N–H and O–H groups in total. The molecule has 106 valence electrons. The summed E-state index contributed by atoms with van der Waals surface area (Å²) < 4.78 is 5.15. The summed E-state index contributed by atoms with van der Waals surface area (Å²) in [6.45, 7) is 13.3. The predicted octanol–water partition coefficient (Wildman–Crippen LogP) is 1.82. The van der Waals surface area contributed by atoms with E-state index in [9.17, 15) is 4.79 Å². The molecule has 0 fully saturated rings. The Morgan fingerprint density at radius 2 is 2.00 bits per heavy atom. The number of esters is 1. The lowest BCUT2D eigenvalue weighted by Crippen LogP contribution is -2.33. The summed E-state index contributed by atoms with van der Waals surface area (Å²) >= 11 is 0. The average Bonchev–Trinajstić information content (AvgIpc) is 2.37. The highest BCUT2D eigenvalue weighted by atomic mass is 16.5. The second kappa shape index (κ2) is 10.1. The van der Waals surface area contributed by atoms with Crippen molar-refractivity contribution in [2.75, 3.05) is 33.3 Å². The summed E-state index contributed by atoms with van der Waals surface area (Å²) in [6.07, 6.45) is 2.12. The SMILES string of the molecule is C=C(C)C(=O)OCC(CCCN(CC)CC)NC. The Hall–Kier alpha value is -0.870. The van der Waals surface area contributed by atoms with Gasteiger partial charge in [-0.2, -0.15) is 0 Å². The molecule has 0 saturated carbocycles. The molecule has 0 aliphatic rings. The van der Waals surface area contributed by atoms with Gasteiger partial charge in [-0.05, 0) is 46.4 Å². The van der Waals surface area contributed by atoms with Gasteiger partial charge in [-0.15, -0.1) is 0 Å². The third-order valence-corrected chi connectivity index (χ3v) is 3.09. The number of carbonyl (C=O) groups excluding carboxylic acids is 1. The first-order valence-corrected chi connectivity index (χ1v) is 6.77. The Bertz CT molecular complexity index is 250. The maximum atomic E-state index is 11.3. The van der Waals surface area contributed by atoms with Crippen molar-refractivity contribution in [2.45, 2.75) is 39.7 Å². The average molecular weight is 256 g/mol. The van der Waals surface area contributed by atoms with E-state index in [1.165, 1.54) is 0 Å². The van der Waals surface area contributed by atoms with Gasteiger partial charge in [0.15, 0.2) is 0 Å². The fraction of sp³-hybridized carbons (Fsp3) is 0.786. The van der Waals surface area contributed by atoms with Crippen LogP contribution in [0.3, 0.4) is 0 Å². The summed E-state index contributed by atoms with van der Waals surface area (Å²) in [5.74, 6) is -0.306. The van der Waals surface area contributed by atoms with Gasteiger partial charge in [0.2, 0.25) is 0 Å². The molecule has 0 aromatic rings. The number of nitrogens with zero attached hydrogens (tertiary/aromatic N) is 1. The zero-order valence-corrected chi connectivity index (χ0v) is 12.3. The van der Waals surface area contributed by atoms with Crippen molar-refractivity contribution in [3.63, 3.8) is 0 Å². The van der Waals surface area contributed by atoms with Crippen LogP contribution in [-0.4, -0.2) is 50.2 Å². The van der Waals surface area contributed by atoms with Crippen molar-refractivity contribution >= 4 is 5.97 Å². The first-order valence-electron chi connectivity index (χ1n) is 6.77. The predicted molar refractivity (Wildman–Crippen MR) is 75.6 cm³/mol. The number of carbonyl (C=O) groups is 1.